The summed E-state index contributed by atoms with van der Waals surface area (Å²) in [5.41, 5.74) is 2.10. The molecule has 122 valence electrons. The minimum absolute atomic E-state index is 0.341. The maximum atomic E-state index is 12.6. The van der Waals surface area contributed by atoms with Gasteiger partial charge in [-0.2, -0.15) is 13.2 Å². The van der Waals surface area contributed by atoms with E-state index in [1.54, 1.807) is 13.3 Å². The van der Waals surface area contributed by atoms with Crippen molar-refractivity contribution in [3.63, 3.8) is 0 Å². The fourth-order valence-corrected chi connectivity index (χ4v) is 2.62. The van der Waals surface area contributed by atoms with E-state index in [4.69, 9.17) is 4.74 Å². The molecular weight excluding hydrogens is 307 g/mol. The highest BCUT2D eigenvalue weighted by molar-refractivity contribution is 5.50. The summed E-state index contributed by atoms with van der Waals surface area (Å²) in [5.74, 6) is 0.612. The largest absolute Gasteiger partial charge is 0.416 e. The number of hydrogen-bond donors (Lipinski definition) is 0. The fraction of sp³-hybridized carbons (Fsp3) is 0.375. The number of aromatic nitrogens is 2. The van der Waals surface area contributed by atoms with Crippen LogP contribution in [-0.4, -0.2) is 23.6 Å². The summed E-state index contributed by atoms with van der Waals surface area (Å²) in [4.78, 5) is 10.7. The molecule has 7 heteroatoms. The Morgan fingerprint density at radius 2 is 1.96 bits per heavy atom. The number of hydrogen-bond acceptors (Lipinski definition) is 4. The first-order valence-electron chi connectivity index (χ1n) is 7.22. The van der Waals surface area contributed by atoms with Crippen molar-refractivity contribution in [2.75, 3.05) is 18.6 Å². The van der Waals surface area contributed by atoms with Crippen LogP contribution in [0.25, 0.3) is 0 Å². The normalized spacial score (nSPS) is 14.7. The maximum absolute atomic E-state index is 12.6. The molecule has 1 aromatic carbocycles. The average molecular weight is 323 g/mol. The van der Waals surface area contributed by atoms with Crippen LogP contribution in [-0.2, 0) is 30.5 Å². The third-order valence-electron chi connectivity index (χ3n) is 3.83. The number of rotatable bonds is 3. The van der Waals surface area contributed by atoms with Crippen LogP contribution in [0.2, 0.25) is 0 Å². The lowest BCUT2D eigenvalue weighted by molar-refractivity contribution is -0.137. The SMILES string of the molecule is COCc1ncc2c(n1)CN(c1ccc(C(F)(F)F)cc1)CC2. The highest BCUT2D eigenvalue weighted by Gasteiger charge is 2.30. The van der Waals surface area contributed by atoms with Crippen molar-refractivity contribution in [2.24, 2.45) is 0 Å². The summed E-state index contributed by atoms with van der Waals surface area (Å²) in [6.45, 7) is 1.62. The third kappa shape index (κ3) is 3.44. The van der Waals surface area contributed by atoms with Crippen LogP contribution in [0.15, 0.2) is 30.5 Å². The Bertz CT molecular complexity index is 686. The average Bonchev–Trinajstić information content (AvgIpc) is 2.54. The molecule has 2 heterocycles. The third-order valence-corrected chi connectivity index (χ3v) is 3.83. The molecule has 0 saturated carbocycles. The molecule has 2 aromatic rings. The van der Waals surface area contributed by atoms with Gasteiger partial charge in [0.2, 0.25) is 0 Å². The van der Waals surface area contributed by atoms with Crippen LogP contribution in [0.5, 0.6) is 0 Å². The lowest BCUT2D eigenvalue weighted by Crippen LogP contribution is -2.31. The molecule has 0 atom stereocenters. The minimum atomic E-state index is -4.31. The van der Waals surface area contributed by atoms with E-state index in [2.05, 4.69) is 9.97 Å². The molecule has 0 N–H and O–H groups in total. The number of halogens is 3. The summed E-state index contributed by atoms with van der Waals surface area (Å²) < 4.78 is 42.9. The highest BCUT2D eigenvalue weighted by Crippen LogP contribution is 2.31. The summed E-state index contributed by atoms with van der Waals surface area (Å²) >= 11 is 0. The van der Waals surface area contributed by atoms with Crippen LogP contribution in [0.3, 0.4) is 0 Å². The topological polar surface area (TPSA) is 38.3 Å². The Kier molecular flexibility index (Phi) is 4.21. The second kappa shape index (κ2) is 6.16. The van der Waals surface area contributed by atoms with Gasteiger partial charge in [0, 0.05) is 25.5 Å². The number of benzene rings is 1. The van der Waals surface area contributed by atoms with Gasteiger partial charge in [-0.3, -0.25) is 0 Å². The Hall–Kier alpha value is -2.15. The van der Waals surface area contributed by atoms with Gasteiger partial charge >= 0.3 is 6.18 Å². The van der Waals surface area contributed by atoms with Crippen molar-refractivity contribution in [3.05, 3.63) is 53.1 Å². The molecule has 23 heavy (non-hydrogen) atoms. The van der Waals surface area contributed by atoms with Crippen LogP contribution < -0.4 is 4.90 Å². The van der Waals surface area contributed by atoms with E-state index < -0.39 is 11.7 Å². The van der Waals surface area contributed by atoms with E-state index in [1.807, 2.05) is 4.90 Å². The van der Waals surface area contributed by atoms with Gasteiger partial charge in [0.05, 0.1) is 17.8 Å². The zero-order chi connectivity index (χ0) is 16.4. The zero-order valence-corrected chi connectivity index (χ0v) is 12.6. The standard InChI is InChI=1S/C16H16F3N3O/c1-23-10-15-20-8-11-6-7-22(9-14(11)21-15)13-4-2-12(3-5-13)16(17,18)19/h2-5,8H,6-7,9-10H2,1H3. The fourth-order valence-electron chi connectivity index (χ4n) is 2.62. The second-order valence-electron chi connectivity index (χ2n) is 5.41. The predicted octanol–water partition coefficient (Wildman–Crippen LogP) is 3.20. The molecule has 1 aliphatic rings. The molecule has 3 rings (SSSR count). The minimum Gasteiger partial charge on any atom is -0.377 e. The number of anilines is 1. The van der Waals surface area contributed by atoms with E-state index in [0.29, 0.717) is 19.0 Å². The molecule has 0 fully saturated rings. The van der Waals surface area contributed by atoms with Gasteiger partial charge in [-0.1, -0.05) is 0 Å². The van der Waals surface area contributed by atoms with Crippen molar-refractivity contribution in [3.8, 4) is 0 Å². The highest BCUT2D eigenvalue weighted by atomic mass is 19.4. The lowest BCUT2D eigenvalue weighted by Gasteiger charge is -2.30. The van der Waals surface area contributed by atoms with Crippen molar-refractivity contribution < 1.29 is 17.9 Å². The van der Waals surface area contributed by atoms with Gasteiger partial charge in [0.25, 0.3) is 0 Å². The predicted molar refractivity (Wildman–Crippen MR) is 78.9 cm³/mol. The smallest absolute Gasteiger partial charge is 0.377 e. The summed E-state index contributed by atoms with van der Waals surface area (Å²) in [6, 6.07) is 5.23. The molecule has 0 saturated heterocycles. The van der Waals surface area contributed by atoms with Crippen LogP contribution in [0, 0.1) is 0 Å². The van der Waals surface area contributed by atoms with Gasteiger partial charge in [-0.05, 0) is 36.2 Å². The molecule has 1 aliphatic heterocycles. The molecule has 0 bridgehead atoms. The van der Waals surface area contributed by atoms with Gasteiger partial charge in [-0.15, -0.1) is 0 Å². The van der Waals surface area contributed by atoms with Gasteiger partial charge in [0.15, 0.2) is 5.82 Å². The van der Waals surface area contributed by atoms with E-state index in [-0.39, 0.29) is 0 Å². The van der Waals surface area contributed by atoms with E-state index >= 15 is 0 Å². The Morgan fingerprint density at radius 1 is 1.22 bits per heavy atom. The molecule has 0 radical (unpaired) electrons. The number of alkyl halides is 3. The first-order chi connectivity index (χ1) is 11.0. The summed E-state index contributed by atoms with van der Waals surface area (Å²) in [6.07, 6.45) is -1.74. The monoisotopic (exact) mass is 323 g/mol. The van der Waals surface area contributed by atoms with Crippen molar-refractivity contribution in [1.82, 2.24) is 9.97 Å². The summed E-state index contributed by atoms with van der Waals surface area (Å²) in [5, 5.41) is 0. The molecule has 4 nitrogen and oxygen atoms in total. The second-order valence-corrected chi connectivity index (χ2v) is 5.41. The van der Waals surface area contributed by atoms with Crippen LogP contribution in [0.4, 0.5) is 18.9 Å². The van der Waals surface area contributed by atoms with E-state index in [1.165, 1.54) is 12.1 Å². The van der Waals surface area contributed by atoms with Gasteiger partial charge in [0.1, 0.15) is 6.61 Å². The first-order valence-corrected chi connectivity index (χ1v) is 7.22. The Balaban J connectivity index is 1.79. The molecule has 0 unspecified atom stereocenters. The first kappa shape index (κ1) is 15.7. The molecule has 1 aromatic heterocycles. The lowest BCUT2D eigenvalue weighted by atomic mass is 10.1. The zero-order valence-electron chi connectivity index (χ0n) is 12.6. The maximum Gasteiger partial charge on any atom is 0.416 e. The summed E-state index contributed by atoms with van der Waals surface area (Å²) in [7, 11) is 1.58. The van der Waals surface area contributed by atoms with Crippen LogP contribution in [0.1, 0.15) is 22.6 Å². The van der Waals surface area contributed by atoms with Crippen molar-refractivity contribution in [1.29, 1.82) is 0 Å². The Morgan fingerprint density at radius 3 is 2.61 bits per heavy atom. The van der Waals surface area contributed by atoms with Gasteiger partial charge in [-0.25, -0.2) is 9.97 Å². The van der Waals surface area contributed by atoms with Crippen LogP contribution >= 0.6 is 0 Å². The molecule has 0 spiro atoms. The van der Waals surface area contributed by atoms with E-state index in [9.17, 15) is 13.2 Å². The quantitative estimate of drug-likeness (QED) is 0.869. The van der Waals surface area contributed by atoms with E-state index in [0.717, 1.165) is 42.0 Å². The van der Waals surface area contributed by atoms with Gasteiger partial charge < -0.3 is 9.64 Å². The molecule has 0 aliphatic carbocycles. The van der Waals surface area contributed by atoms with Crippen molar-refractivity contribution >= 4 is 5.69 Å². The number of ether oxygens (including phenoxy) is 1. The Labute approximate surface area is 131 Å². The molecular formula is C16H16F3N3O. The number of fused-ring (bicyclic) bond motifs is 1. The number of nitrogens with zero attached hydrogens (tertiary/aromatic N) is 3. The number of methoxy groups -OCH3 is 1. The molecule has 0 amide bonds. The van der Waals surface area contributed by atoms with Crippen molar-refractivity contribution in [2.45, 2.75) is 25.7 Å².